The van der Waals surface area contributed by atoms with Crippen molar-refractivity contribution in [3.63, 3.8) is 0 Å². The third-order valence-electron chi connectivity index (χ3n) is 5.40. The zero-order valence-corrected chi connectivity index (χ0v) is 18.6. The molecule has 0 bridgehead atoms. The Kier molecular flexibility index (Phi) is 7.09. The molecule has 3 rings (SSSR count). The van der Waals surface area contributed by atoms with Crippen LogP contribution in [-0.2, 0) is 4.84 Å². The van der Waals surface area contributed by atoms with Gasteiger partial charge in [-0.25, -0.2) is 5.48 Å². The SMILES string of the molecule is CONC(=O)c1ccc(C)c(-n2ccc3ccc(OCCN(C)C(C)C)cc3c2=O)c1. The van der Waals surface area contributed by atoms with Crippen molar-refractivity contribution in [3.05, 3.63) is 70.1 Å². The summed E-state index contributed by atoms with van der Waals surface area (Å²) in [4.78, 5) is 32.3. The highest BCUT2D eigenvalue weighted by molar-refractivity contribution is 5.94. The predicted molar refractivity (Wildman–Crippen MR) is 122 cm³/mol. The van der Waals surface area contributed by atoms with E-state index in [2.05, 4.69) is 31.3 Å². The van der Waals surface area contributed by atoms with Gasteiger partial charge in [-0.05, 0) is 69.1 Å². The average Bonchev–Trinajstić information content (AvgIpc) is 2.75. The van der Waals surface area contributed by atoms with Crippen molar-refractivity contribution < 1.29 is 14.4 Å². The number of ether oxygens (including phenoxy) is 1. The fourth-order valence-electron chi connectivity index (χ4n) is 3.23. The van der Waals surface area contributed by atoms with E-state index in [1.54, 1.807) is 35.0 Å². The van der Waals surface area contributed by atoms with Crippen LogP contribution in [0.3, 0.4) is 0 Å². The minimum absolute atomic E-state index is 0.172. The average molecular weight is 424 g/mol. The molecule has 0 saturated heterocycles. The number of fused-ring (bicyclic) bond motifs is 1. The zero-order chi connectivity index (χ0) is 22.5. The van der Waals surface area contributed by atoms with Crippen molar-refractivity contribution >= 4 is 16.7 Å². The maximum atomic E-state index is 13.3. The Bertz CT molecular complexity index is 1140. The van der Waals surface area contributed by atoms with Crippen molar-refractivity contribution in [3.8, 4) is 11.4 Å². The molecule has 0 aliphatic heterocycles. The highest BCUT2D eigenvalue weighted by Crippen LogP contribution is 2.21. The zero-order valence-electron chi connectivity index (χ0n) is 18.6. The van der Waals surface area contributed by atoms with Crippen LogP contribution in [0.25, 0.3) is 16.5 Å². The first kappa shape index (κ1) is 22.5. The number of amides is 1. The van der Waals surface area contributed by atoms with Crippen molar-refractivity contribution in [2.24, 2.45) is 0 Å². The molecule has 1 heterocycles. The van der Waals surface area contributed by atoms with Crippen LogP contribution < -0.4 is 15.8 Å². The van der Waals surface area contributed by atoms with Crippen molar-refractivity contribution in [2.75, 3.05) is 27.3 Å². The fourth-order valence-corrected chi connectivity index (χ4v) is 3.23. The van der Waals surface area contributed by atoms with Crippen LogP contribution in [0.2, 0.25) is 0 Å². The quantitative estimate of drug-likeness (QED) is 0.563. The van der Waals surface area contributed by atoms with E-state index in [0.717, 1.165) is 17.5 Å². The number of aryl methyl sites for hydroxylation is 1. The van der Waals surface area contributed by atoms with Gasteiger partial charge in [-0.2, -0.15) is 0 Å². The molecule has 164 valence electrons. The molecule has 0 unspecified atom stereocenters. The molecule has 1 aromatic heterocycles. The Balaban J connectivity index is 1.94. The normalized spacial score (nSPS) is 11.3. The first-order valence-electron chi connectivity index (χ1n) is 10.2. The van der Waals surface area contributed by atoms with Crippen LogP contribution in [0.1, 0.15) is 29.8 Å². The first-order valence-corrected chi connectivity index (χ1v) is 10.2. The molecule has 0 atom stereocenters. The molecule has 0 fully saturated rings. The van der Waals surface area contributed by atoms with Gasteiger partial charge in [0.2, 0.25) is 0 Å². The minimum Gasteiger partial charge on any atom is -0.492 e. The van der Waals surface area contributed by atoms with Crippen LogP contribution in [0.4, 0.5) is 0 Å². The van der Waals surface area contributed by atoms with E-state index < -0.39 is 0 Å². The number of hydroxylamine groups is 1. The van der Waals surface area contributed by atoms with E-state index >= 15 is 0 Å². The fraction of sp³-hybridized carbons (Fsp3) is 0.333. The van der Waals surface area contributed by atoms with Gasteiger partial charge >= 0.3 is 0 Å². The van der Waals surface area contributed by atoms with E-state index in [9.17, 15) is 9.59 Å². The molecule has 1 N–H and O–H groups in total. The summed E-state index contributed by atoms with van der Waals surface area (Å²) in [6, 6.07) is 13.0. The largest absolute Gasteiger partial charge is 0.492 e. The van der Waals surface area contributed by atoms with Crippen molar-refractivity contribution in [1.82, 2.24) is 14.9 Å². The summed E-state index contributed by atoms with van der Waals surface area (Å²) in [5.41, 5.74) is 4.05. The van der Waals surface area contributed by atoms with Gasteiger partial charge in [-0.1, -0.05) is 12.1 Å². The lowest BCUT2D eigenvalue weighted by atomic mass is 10.1. The second kappa shape index (κ2) is 9.76. The van der Waals surface area contributed by atoms with Gasteiger partial charge < -0.3 is 9.64 Å². The van der Waals surface area contributed by atoms with E-state index in [-0.39, 0.29) is 11.5 Å². The number of hydrogen-bond acceptors (Lipinski definition) is 5. The van der Waals surface area contributed by atoms with Crippen LogP contribution in [0, 0.1) is 6.92 Å². The molecular weight excluding hydrogens is 394 g/mol. The Morgan fingerprint density at radius 3 is 2.65 bits per heavy atom. The summed E-state index contributed by atoms with van der Waals surface area (Å²) in [5, 5.41) is 1.39. The monoisotopic (exact) mass is 423 g/mol. The number of likely N-dealkylation sites (N-methyl/N-ethyl adjacent to an activating group) is 1. The summed E-state index contributed by atoms with van der Waals surface area (Å²) in [7, 11) is 3.43. The third-order valence-corrected chi connectivity index (χ3v) is 5.40. The number of pyridine rings is 1. The minimum atomic E-state index is -0.375. The Hall–Kier alpha value is -3.16. The number of hydrogen-bond donors (Lipinski definition) is 1. The third kappa shape index (κ3) is 5.13. The molecule has 0 spiro atoms. The topological polar surface area (TPSA) is 72.8 Å². The number of benzene rings is 2. The Morgan fingerprint density at radius 1 is 1.16 bits per heavy atom. The second-order valence-corrected chi connectivity index (χ2v) is 7.80. The second-order valence-electron chi connectivity index (χ2n) is 7.80. The summed E-state index contributed by atoms with van der Waals surface area (Å²) < 4.78 is 7.43. The lowest BCUT2D eigenvalue weighted by Crippen LogP contribution is -2.30. The summed E-state index contributed by atoms with van der Waals surface area (Å²) in [6.45, 7) is 7.50. The number of carbonyl (C=O) groups is 1. The van der Waals surface area contributed by atoms with Gasteiger partial charge in [0.15, 0.2) is 0 Å². The Morgan fingerprint density at radius 2 is 1.94 bits per heavy atom. The molecule has 3 aromatic rings. The molecule has 0 radical (unpaired) electrons. The highest BCUT2D eigenvalue weighted by atomic mass is 16.6. The van der Waals surface area contributed by atoms with Crippen molar-refractivity contribution in [2.45, 2.75) is 26.8 Å². The lowest BCUT2D eigenvalue weighted by Gasteiger charge is -2.20. The molecular formula is C24H29N3O4. The van der Waals surface area contributed by atoms with E-state index in [4.69, 9.17) is 9.57 Å². The maximum Gasteiger partial charge on any atom is 0.274 e. The predicted octanol–water partition coefficient (Wildman–Crippen LogP) is 3.31. The summed E-state index contributed by atoms with van der Waals surface area (Å²) in [5.74, 6) is 0.282. The number of aromatic nitrogens is 1. The molecule has 1 amide bonds. The number of carbonyl (C=O) groups excluding carboxylic acids is 1. The summed E-state index contributed by atoms with van der Waals surface area (Å²) in [6.07, 6.45) is 1.73. The van der Waals surface area contributed by atoms with E-state index in [1.807, 2.05) is 25.1 Å². The van der Waals surface area contributed by atoms with Gasteiger partial charge in [0.05, 0.1) is 18.2 Å². The molecule has 7 heteroatoms. The van der Waals surface area contributed by atoms with Crippen LogP contribution in [-0.4, -0.2) is 48.7 Å². The van der Waals surface area contributed by atoms with Gasteiger partial charge in [-0.3, -0.25) is 19.0 Å². The van der Waals surface area contributed by atoms with Crippen LogP contribution in [0.15, 0.2) is 53.5 Å². The standard InChI is InChI=1S/C24H29N3O4/c1-16(2)26(4)12-13-31-20-9-8-18-10-11-27(24(29)21(18)15-20)22-14-19(7-6-17(22)3)23(28)25-30-5/h6-11,14-16H,12-13H2,1-5H3,(H,25,28). The lowest BCUT2D eigenvalue weighted by molar-refractivity contribution is 0.0537. The molecule has 0 aliphatic carbocycles. The number of nitrogens with one attached hydrogen (secondary N) is 1. The van der Waals surface area contributed by atoms with Gasteiger partial charge in [0.1, 0.15) is 12.4 Å². The van der Waals surface area contributed by atoms with Crippen LogP contribution >= 0.6 is 0 Å². The Labute approximate surface area is 182 Å². The van der Waals surface area contributed by atoms with Gasteiger partial charge in [-0.15, -0.1) is 0 Å². The van der Waals surface area contributed by atoms with Crippen molar-refractivity contribution in [1.29, 1.82) is 0 Å². The van der Waals surface area contributed by atoms with Gasteiger partial charge in [0, 0.05) is 24.3 Å². The molecule has 2 aromatic carbocycles. The molecule has 7 nitrogen and oxygen atoms in total. The molecule has 0 aliphatic rings. The smallest absolute Gasteiger partial charge is 0.274 e. The first-order chi connectivity index (χ1) is 14.8. The van der Waals surface area contributed by atoms with E-state index in [0.29, 0.717) is 35.0 Å². The molecule has 31 heavy (non-hydrogen) atoms. The number of rotatable bonds is 8. The van der Waals surface area contributed by atoms with Gasteiger partial charge in [0.25, 0.3) is 11.5 Å². The number of nitrogens with zero attached hydrogens (tertiary/aromatic N) is 2. The van der Waals surface area contributed by atoms with E-state index in [1.165, 1.54) is 7.11 Å². The molecule has 0 saturated carbocycles. The van der Waals surface area contributed by atoms with Crippen LogP contribution in [0.5, 0.6) is 5.75 Å². The maximum absolute atomic E-state index is 13.3. The summed E-state index contributed by atoms with van der Waals surface area (Å²) >= 11 is 0. The highest BCUT2D eigenvalue weighted by Gasteiger charge is 2.12.